The van der Waals surface area contributed by atoms with E-state index in [1.807, 2.05) is 12.1 Å². The molecule has 0 radical (unpaired) electrons. The van der Waals surface area contributed by atoms with Gasteiger partial charge < -0.3 is 9.32 Å². The zero-order valence-electron chi connectivity index (χ0n) is 12.2. The highest BCUT2D eigenvalue weighted by Gasteiger charge is 2.40. The quantitative estimate of drug-likeness (QED) is 0.487. The highest BCUT2D eigenvalue weighted by Crippen LogP contribution is 2.35. The number of likely N-dealkylation sites (N-methyl/N-ethyl adjacent to an activating group) is 1. The maximum atomic E-state index is 5.88. The van der Waals surface area contributed by atoms with Gasteiger partial charge >= 0.3 is 0 Å². The average molecular weight is 265 g/mol. The summed E-state index contributed by atoms with van der Waals surface area (Å²) in [6.07, 6.45) is 10.2. The molecule has 4 nitrogen and oxygen atoms in total. The Morgan fingerprint density at radius 1 is 1.32 bits per heavy atom. The van der Waals surface area contributed by atoms with Crippen molar-refractivity contribution < 1.29 is 4.42 Å². The van der Waals surface area contributed by atoms with Crippen LogP contribution in [0.5, 0.6) is 0 Å². The Hall–Kier alpha value is -0.840. The van der Waals surface area contributed by atoms with Crippen molar-refractivity contribution in [3.05, 3.63) is 24.2 Å². The molecule has 1 aliphatic rings. The zero-order valence-corrected chi connectivity index (χ0v) is 12.2. The summed E-state index contributed by atoms with van der Waals surface area (Å²) in [5.74, 6) is 6.88. The molecule has 0 aliphatic heterocycles. The summed E-state index contributed by atoms with van der Waals surface area (Å²) in [5.41, 5.74) is 3.20. The molecule has 1 heterocycles. The summed E-state index contributed by atoms with van der Waals surface area (Å²) in [7, 11) is 4.36. The Kier molecular flexibility index (Phi) is 5.02. The second-order valence-corrected chi connectivity index (χ2v) is 5.91. The lowest BCUT2D eigenvalue weighted by molar-refractivity contribution is 0.0778. The van der Waals surface area contributed by atoms with Crippen LogP contribution in [0.4, 0.5) is 0 Å². The molecule has 0 spiro atoms. The van der Waals surface area contributed by atoms with Gasteiger partial charge in [0.25, 0.3) is 0 Å². The molecule has 1 aliphatic carbocycles. The van der Waals surface area contributed by atoms with E-state index in [2.05, 4.69) is 24.4 Å². The number of hydrazine groups is 1. The van der Waals surface area contributed by atoms with Crippen LogP contribution in [0.25, 0.3) is 0 Å². The fourth-order valence-electron chi connectivity index (χ4n) is 3.48. The smallest absolute Gasteiger partial charge is 0.105 e. The summed E-state index contributed by atoms with van der Waals surface area (Å²) in [6.45, 7) is 0. The molecule has 19 heavy (non-hydrogen) atoms. The first-order chi connectivity index (χ1) is 9.19. The van der Waals surface area contributed by atoms with Crippen LogP contribution in [-0.4, -0.2) is 30.6 Å². The van der Waals surface area contributed by atoms with Gasteiger partial charge in [0, 0.05) is 18.0 Å². The SMILES string of the molecule is CN(C)C1(C(Cc2ccco2)NN)CCCCCC1. The molecule has 0 amide bonds. The molecule has 1 saturated carbocycles. The lowest BCUT2D eigenvalue weighted by atomic mass is 9.79. The molecule has 0 saturated heterocycles. The number of nitrogens with one attached hydrogen (secondary N) is 1. The van der Waals surface area contributed by atoms with Gasteiger partial charge in [-0.3, -0.25) is 11.3 Å². The first-order valence-electron chi connectivity index (χ1n) is 7.35. The summed E-state index contributed by atoms with van der Waals surface area (Å²) in [5, 5.41) is 0. The lowest BCUT2D eigenvalue weighted by Crippen LogP contribution is -2.61. The van der Waals surface area contributed by atoms with E-state index in [-0.39, 0.29) is 11.6 Å². The van der Waals surface area contributed by atoms with Crippen LogP contribution in [-0.2, 0) is 6.42 Å². The summed E-state index contributed by atoms with van der Waals surface area (Å²) < 4.78 is 5.50. The van der Waals surface area contributed by atoms with Gasteiger partial charge in [-0.25, -0.2) is 0 Å². The molecule has 0 aromatic carbocycles. The third-order valence-corrected chi connectivity index (χ3v) is 4.70. The van der Waals surface area contributed by atoms with Crippen LogP contribution in [0.3, 0.4) is 0 Å². The van der Waals surface area contributed by atoms with Crippen LogP contribution in [0.15, 0.2) is 22.8 Å². The fraction of sp³-hybridized carbons (Fsp3) is 0.733. The maximum absolute atomic E-state index is 5.88. The van der Waals surface area contributed by atoms with E-state index in [0.717, 1.165) is 12.2 Å². The van der Waals surface area contributed by atoms with Gasteiger partial charge in [-0.1, -0.05) is 25.7 Å². The Balaban J connectivity index is 2.18. The van der Waals surface area contributed by atoms with E-state index in [1.165, 1.54) is 38.5 Å². The maximum Gasteiger partial charge on any atom is 0.105 e. The number of furan rings is 1. The van der Waals surface area contributed by atoms with Crippen molar-refractivity contribution in [2.24, 2.45) is 5.84 Å². The third-order valence-electron chi connectivity index (χ3n) is 4.70. The van der Waals surface area contributed by atoms with Crippen LogP contribution in [0, 0.1) is 0 Å². The molecule has 3 N–H and O–H groups in total. The minimum absolute atomic E-state index is 0.137. The van der Waals surface area contributed by atoms with Crippen LogP contribution in [0.1, 0.15) is 44.3 Å². The number of nitrogens with two attached hydrogens (primary N) is 1. The molecule has 108 valence electrons. The topological polar surface area (TPSA) is 54.4 Å². The minimum Gasteiger partial charge on any atom is -0.469 e. The zero-order chi connectivity index (χ0) is 13.7. The van der Waals surface area contributed by atoms with Crippen molar-refractivity contribution in [1.29, 1.82) is 0 Å². The molecule has 4 heteroatoms. The van der Waals surface area contributed by atoms with Gasteiger partial charge in [-0.2, -0.15) is 0 Å². The van der Waals surface area contributed by atoms with Crippen LogP contribution in [0.2, 0.25) is 0 Å². The molecular formula is C15H27N3O. The highest BCUT2D eigenvalue weighted by molar-refractivity contribution is 5.07. The predicted octanol–water partition coefficient (Wildman–Crippen LogP) is 2.31. The van der Waals surface area contributed by atoms with E-state index < -0.39 is 0 Å². The molecule has 1 unspecified atom stereocenters. The lowest BCUT2D eigenvalue weighted by Gasteiger charge is -2.45. The van der Waals surface area contributed by atoms with E-state index in [9.17, 15) is 0 Å². The number of hydrogen-bond acceptors (Lipinski definition) is 4. The van der Waals surface area contributed by atoms with E-state index in [1.54, 1.807) is 6.26 Å². The number of nitrogens with zero attached hydrogens (tertiary/aromatic N) is 1. The van der Waals surface area contributed by atoms with Crippen molar-refractivity contribution in [3.63, 3.8) is 0 Å². The molecule has 1 atom stereocenters. The van der Waals surface area contributed by atoms with Gasteiger partial charge in [0.1, 0.15) is 5.76 Å². The summed E-state index contributed by atoms with van der Waals surface area (Å²) in [6, 6.07) is 4.20. The van der Waals surface area contributed by atoms with Crippen LogP contribution >= 0.6 is 0 Å². The normalized spacial score (nSPS) is 21.3. The molecular weight excluding hydrogens is 238 g/mol. The highest BCUT2D eigenvalue weighted by atomic mass is 16.3. The molecule has 0 bridgehead atoms. The second-order valence-electron chi connectivity index (χ2n) is 5.91. The van der Waals surface area contributed by atoms with E-state index in [0.29, 0.717) is 0 Å². The molecule has 1 fully saturated rings. The number of rotatable bonds is 5. The van der Waals surface area contributed by atoms with Gasteiger partial charge in [-0.05, 0) is 39.1 Å². The molecule has 1 aromatic heterocycles. The van der Waals surface area contributed by atoms with Gasteiger partial charge in [0.2, 0.25) is 0 Å². The van der Waals surface area contributed by atoms with E-state index >= 15 is 0 Å². The number of hydrogen-bond donors (Lipinski definition) is 2. The Morgan fingerprint density at radius 2 is 2.00 bits per heavy atom. The predicted molar refractivity (Wildman–Crippen MR) is 77.6 cm³/mol. The van der Waals surface area contributed by atoms with E-state index in [4.69, 9.17) is 10.3 Å². The van der Waals surface area contributed by atoms with Crippen molar-refractivity contribution in [1.82, 2.24) is 10.3 Å². The van der Waals surface area contributed by atoms with Gasteiger partial charge in [-0.15, -0.1) is 0 Å². The molecule has 1 aromatic rings. The minimum atomic E-state index is 0.137. The third kappa shape index (κ3) is 3.19. The van der Waals surface area contributed by atoms with Crippen molar-refractivity contribution >= 4 is 0 Å². The summed E-state index contributed by atoms with van der Waals surface area (Å²) >= 11 is 0. The van der Waals surface area contributed by atoms with Crippen LogP contribution < -0.4 is 11.3 Å². The van der Waals surface area contributed by atoms with Gasteiger partial charge in [0.15, 0.2) is 0 Å². The van der Waals surface area contributed by atoms with Gasteiger partial charge in [0.05, 0.1) is 6.26 Å². The Labute approximate surface area is 116 Å². The largest absolute Gasteiger partial charge is 0.469 e. The average Bonchev–Trinajstić information content (AvgIpc) is 2.78. The standard InChI is InChI=1S/C15H27N3O/c1-18(2)15(9-5-3-4-6-10-15)14(17-16)12-13-8-7-11-19-13/h7-8,11,14,17H,3-6,9-10,12,16H2,1-2H3. The first kappa shape index (κ1) is 14.6. The van der Waals surface area contributed by atoms with Crippen molar-refractivity contribution in [3.8, 4) is 0 Å². The fourth-order valence-corrected chi connectivity index (χ4v) is 3.48. The Bertz CT molecular complexity index is 353. The Morgan fingerprint density at radius 3 is 2.47 bits per heavy atom. The summed E-state index contributed by atoms with van der Waals surface area (Å²) in [4.78, 5) is 2.37. The van der Waals surface area contributed by atoms with Crippen molar-refractivity contribution in [2.75, 3.05) is 14.1 Å². The first-order valence-corrected chi connectivity index (χ1v) is 7.35. The monoisotopic (exact) mass is 265 g/mol. The molecule has 2 rings (SSSR count). The van der Waals surface area contributed by atoms with Crippen molar-refractivity contribution in [2.45, 2.75) is 56.5 Å². The second kappa shape index (κ2) is 6.55.